The van der Waals surface area contributed by atoms with Gasteiger partial charge < -0.3 is 4.74 Å². The molecule has 0 heterocycles. The maximum absolute atomic E-state index is 10.9. The number of allylic oxidation sites excluding steroid dienone is 1. The van der Waals surface area contributed by atoms with Gasteiger partial charge in [-0.2, -0.15) is 0 Å². The number of rotatable bonds is 16. The number of unbranched alkanes of at least 4 members (excludes halogenated alkanes) is 13. The quantitative estimate of drug-likeness (QED) is 0.153. The van der Waals surface area contributed by atoms with E-state index in [-0.39, 0.29) is 5.97 Å². The van der Waals surface area contributed by atoms with Crippen LogP contribution in [0, 0.1) is 0 Å². The van der Waals surface area contributed by atoms with Gasteiger partial charge in [-0.3, -0.25) is 4.79 Å². The van der Waals surface area contributed by atoms with Gasteiger partial charge in [-0.05, 0) is 23.3 Å². The molecular weight excluding hydrogens is 387 g/mol. The van der Waals surface area contributed by atoms with Crippen molar-refractivity contribution >= 4 is 28.6 Å². The predicted octanol–water partition coefficient (Wildman–Crippen LogP) is 6.96. The van der Waals surface area contributed by atoms with E-state index in [1.807, 2.05) is 0 Å². The Hall–Kier alpha value is -0.0600. The van der Waals surface area contributed by atoms with Crippen LogP contribution in [0.25, 0.3) is 0 Å². The number of ether oxygens (including phenoxy) is 1. The van der Waals surface area contributed by atoms with Crippen molar-refractivity contribution < 1.29 is 9.53 Å². The van der Waals surface area contributed by atoms with E-state index in [9.17, 15) is 4.79 Å². The average Bonchev–Trinajstić information content (AvgIpc) is 2.54. The lowest BCUT2D eigenvalue weighted by Crippen LogP contribution is -1.99. The van der Waals surface area contributed by atoms with Crippen LogP contribution in [0.2, 0.25) is 0 Å². The Kier molecular flexibility index (Phi) is 18.9. The number of carbonyl (C=O) groups is 1. The Balaban J connectivity index is 3.01. The van der Waals surface area contributed by atoms with Crippen LogP contribution in [0.4, 0.5) is 0 Å². The molecule has 0 spiro atoms. The fourth-order valence-electron chi connectivity index (χ4n) is 2.64. The molecule has 0 aromatic heterocycles. The maximum atomic E-state index is 10.9. The molecule has 3 heteroatoms. The standard InChI is InChI=1S/C19H35IO2/c1-22-19(21)17-15-13-11-9-7-5-3-2-4-6-8-10-12-14-16-18-20/h16,18H,2-15,17H2,1H3. The zero-order valence-corrected chi connectivity index (χ0v) is 16.6. The largest absolute Gasteiger partial charge is 0.469 e. The van der Waals surface area contributed by atoms with Crippen LogP contribution in [-0.2, 0) is 9.53 Å². The normalized spacial score (nSPS) is 11.2. The summed E-state index contributed by atoms with van der Waals surface area (Å²) in [6.07, 6.45) is 21.4. The van der Waals surface area contributed by atoms with Crippen molar-refractivity contribution in [1.29, 1.82) is 0 Å². The second-order valence-corrected chi connectivity index (χ2v) is 6.79. The second-order valence-electron chi connectivity index (χ2n) is 6.07. The highest BCUT2D eigenvalue weighted by atomic mass is 127. The number of hydrogen-bond acceptors (Lipinski definition) is 2. The zero-order valence-electron chi connectivity index (χ0n) is 14.5. The molecule has 0 atom stereocenters. The van der Waals surface area contributed by atoms with Gasteiger partial charge >= 0.3 is 5.97 Å². The minimum absolute atomic E-state index is 0.0681. The van der Waals surface area contributed by atoms with E-state index in [4.69, 9.17) is 0 Å². The van der Waals surface area contributed by atoms with E-state index in [1.54, 1.807) is 0 Å². The molecule has 0 aromatic carbocycles. The first-order valence-electron chi connectivity index (χ1n) is 9.13. The van der Waals surface area contributed by atoms with Crippen molar-refractivity contribution in [3.63, 3.8) is 0 Å². The number of halogens is 1. The van der Waals surface area contributed by atoms with Crippen LogP contribution >= 0.6 is 22.6 Å². The molecule has 0 aliphatic heterocycles. The van der Waals surface area contributed by atoms with Crippen molar-refractivity contribution in [1.82, 2.24) is 0 Å². The summed E-state index contributed by atoms with van der Waals surface area (Å²) < 4.78 is 6.75. The molecule has 0 aliphatic carbocycles. The third kappa shape index (κ3) is 18.0. The molecule has 130 valence electrons. The van der Waals surface area contributed by atoms with Gasteiger partial charge in [0.25, 0.3) is 0 Å². The Labute approximate surface area is 151 Å². The van der Waals surface area contributed by atoms with Gasteiger partial charge in [-0.1, -0.05) is 99.3 Å². The molecule has 0 saturated carbocycles. The highest BCUT2D eigenvalue weighted by Crippen LogP contribution is 2.13. The van der Waals surface area contributed by atoms with Crippen molar-refractivity contribution in [3.8, 4) is 0 Å². The first-order valence-corrected chi connectivity index (χ1v) is 10.4. The van der Waals surface area contributed by atoms with Crippen molar-refractivity contribution in [3.05, 3.63) is 10.2 Å². The van der Waals surface area contributed by atoms with E-state index >= 15 is 0 Å². The SMILES string of the molecule is COC(=O)CCCCCCCCCCCCCCCC=CI. The molecule has 2 nitrogen and oxygen atoms in total. The molecule has 0 saturated heterocycles. The molecule has 0 fully saturated rings. The van der Waals surface area contributed by atoms with Gasteiger partial charge in [-0.25, -0.2) is 0 Å². The smallest absolute Gasteiger partial charge is 0.305 e. The third-order valence-corrected chi connectivity index (χ3v) is 4.58. The zero-order chi connectivity index (χ0) is 16.3. The molecular formula is C19H35IO2. The molecule has 0 N–H and O–H groups in total. The maximum Gasteiger partial charge on any atom is 0.305 e. The highest BCUT2D eigenvalue weighted by molar-refractivity contribution is 14.1. The van der Waals surface area contributed by atoms with Crippen LogP contribution in [-0.4, -0.2) is 13.1 Å². The van der Waals surface area contributed by atoms with Crippen molar-refractivity contribution in [2.75, 3.05) is 7.11 Å². The Morgan fingerprint density at radius 1 is 0.773 bits per heavy atom. The fourth-order valence-corrected chi connectivity index (χ4v) is 3.00. The second kappa shape index (κ2) is 19.0. The van der Waals surface area contributed by atoms with Crippen molar-refractivity contribution in [2.45, 2.75) is 96.3 Å². The van der Waals surface area contributed by atoms with Crippen LogP contribution in [0.1, 0.15) is 96.3 Å². The Bertz CT molecular complexity index is 264. The molecule has 0 radical (unpaired) electrons. The lowest BCUT2D eigenvalue weighted by molar-refractivity contribution is -0.140. The molecule has 22 heavy (non-hydrogen) atoms. The minimum Gasteiger partial charge on any atom is -0.469 e. The fraction of sp³-hybridized carbons (Fsp3) is 0.842. The van der Waals surface area contributed by atoms with E-state index in [0.717, 1.165) is 6.42 Å². The van der Waals surface area contributed by atoms with Crippen LogP contribution < -0.4 is 0 Å². The predicted molar refractivity (Wildman–Crippen MR) is 104 cm³/mol. The van der Waals surface area contributed by atoms with Crippen LogP contribution in [0.5, 0.6) is 0 Å². The Morgan fingerprint density at radius 3 is 1.59 bits per heavy atom. The topological polar surface area (TPSA) is 26.3 Å². The van der Waals surface area contributed by atoms with E-state index in [2.05, 4.69) is 37.5 Å². The summed E-state index contributed by atoms with van der Waals surface area (Å²) in [5.41, 5.74) is 0. The average molecular weight is 422 g/mol. The molecule has 0 amide bonds. The van der Waals surface area contributed by atoms with E-state index < -0.39 is 0 Å². The lowest BCUT2D eigenvalue weighted by Gasteiger charge is -2.03. The van der Waals surface area contributed by atoms with Crippen LogP contribution in [0.3, 0.4) is 0 Å². The molecule has 0 aromatic rings. The number of hydrogen-bond donors (Lipinski definition) is 0. The summed E-state index contributed by atoms with van der Waals surface area (Å²) >= 11 is 2.29. The van der Waals surface area contributed by atoms with Gasteiger partial charge in [0.1, 0.15) is 0 Å². The highest BCUT2D eigenvalue weighted by Gasteiger charge is 1.99. The first kappa shape index (κ1) is 21.9. The summed E-state index contributed by atoms with van der Waals surface area (Å²) in [4.78, 5) is 10.9. The van der Waals surface area contributed by atoms with Crippen molar-refractivity contribution in [2.24, 2.45) is 0 Å². The molecule has 0 rings (SSSR count). The summed E-state index contributed by atoms with van der Waals surface area (Å²) in [6.45, 7) is 0. The van der Waals surface area contributed by atoms with E-state index in [1.165, 1.54) is 90.6 Å². The van der Waals surface area contributed by atoms with Gasteiger partial charge in [0, 0.05) is 6.42 Å². The van der Waals surface area contributed by atoms with Gasteiger partial charge in [0.05, 0.1) is 7.11 Å². The van der Waals surface area contributed by atoms with E-state index in [0.29, 0.717) is 6.42 Å². The summed E-state index contributed by atoms with van der Waals surface area (Å²) in [5, 5.41) is 0. The summed E-state index contributed by atoms with van der Waals surface area (Å²) in [6, 6.07) is 0. The minimum atomic E-state index is -0.0681. The van der Waals surface area contributed by atoms with Gasteiger partial charge in [-0.15, -0.1) is 0 Å². The molecule has 0 aliphatic rings. The lowest BCUT2D eigenvalue weighted by atomic mass is 10.0. The summed E-state index contributed by atoms with van der Waals surface area (Å²) in [5.74, 6) is -0.0681. The van der Waals surface area contributed by atoms with Crippen LogP contribution in [0.15, 0.2) is 10.2 Å². The first-order chi connectivity index (χ1) is 10.8. The monoisotopic (exact) mass is 422 g/mol. The molecule has 0 unspecified atom stereocenters. The third-order valence-electron chi connectivity index (χ3n) is 4.07. The number of esters is 1. The number of carbonyl (C=O) groups excluding carboxylic acids is 1. The summed E-state index contributed by atoms with van der Waals surface area (Å²) in [7, 11) is 1.46. The van der Waals surface area contributed by atoms with Gasteiger partial charge in [0.2, 0.25) is 0 Å². The number of methoxy groups -OCH3 is 1. The van der Waals surface area contributed by atoms with Gasteiger partial charge in [0.15, 0.2) is 0 Å². The Morgan fingerprint density at radius 2 is 1.18 bits per heavy atom. The molecule has 0 bridgehead atoms.